The van der Waals surface area contributed by atoms with Crippen LogP contribution in [0.4, 0.5) is 0 Å². The van der Waals surface area contributed by atoms with Crippen molar-refractivity contribution in [3.8, 4) is 0 Å². The lowest BCUT2D eigenvalue weighted by Gasteiger charge is -2.15. The van der Waals surface area contributed by atoms with Gasteiger partial charge < -0.3 is 5.32 Å². The van der Waals surface area contributed by atoms with E-state index in [0.717, 1.165) is 28.0 Å². The fourth-order valence-corrected chi connectivity index (χ4v) is 3.92. The molecule has 2 aromatic carbocycles. The zero-order valence-electron chi connectivity index (χ0n) is 11.8. The smallest absolute Gasteiger partial charge is 0.111 e. The molecule has 21 heavy (non-hydrogen) atoms. The summed E-state index contributed by atoms with van der Waals surface area (Å²) in [6.45, 7) is 3.08. The first-order chi connectivity index (χ1) is 10.3. The average molecular weight is 361 g/mol. The van der Waals surface area contributed by atoms with Crippen LogP contribution < -0.4 is 5.32 Å². The van der Waals surface area contributed by atoms with Crippen LogP contribution in [0.25, 0.3) is 10.2 Å². The quantitative estimate of drug-likeness (QED) is 0.695. The number of para-hydroxylation sites is 1. The van der Waals surface area contributed by atoms with Crippen LogP contribution >= 0.6 is 27.3 Å². The van der Waals surface area contributed by atoms with Crippen LogP contribution in [0.1, 0.15) is 23.5 Å². The van der Waals surface area contributed by atoms with Crippen LogP contribution in [0.2, 0.25) is 0 Å². The van der Waals surface area contributed by atoms with Crippen molar-refractivity contribution in [2.45, 2.75) is 19.4 Å². The zero-order valence-corrected chi connectivity index (χ0v) is 14.2. The molecular weight excluding hydrogens is 344 g/mol. The van der Waals surface area contributed by atoms with Gasteiger partial charge >= 0.3 is 0 Å². The van der Waals surface area contributed by atoms with Crippen molar-refractivity contribution in [3.05, 3.63) is 63.6 Å². The molecule has 0 radical (unpaired) electrons. The van der Waals surface area contributed by atoms with Gasteiger partial charge in [-0.3, -0.25) is 0 Å². The largest absolute Gasteiger partial charge is 0.308 e. The molecule has 3 rings (SSSR count). The topological polar surface area (TPSA) is 24.9 Å². The minimum Gasteiger partial charge on any atom is -0.308 e. The monoisotopic (exact) mass is 360 g/mol. The Balaban J connectivity index is 1.90. The fourth-order valence-electron chi connectivity index (χ4n) is 2.43. The van der Waals surface area contributed by atoms with E-state index in [9.17, 15) is 0 Å². The first kappa shape index (κ1) is 14.7. The van der Waals surface area contributed by atoms with Crippen molar-refractivity contribution in [1.29, 1.82) is 0 Å². The maximum absolute atomic E-state index is 4.79. The molecule has 1 heterocycles. The van der Waals surface area contributed by atoms with Gasteiger partial charge in [0, 0.05) is 4.47 Å². The normalized spacial score (nSPS) is 12.7. The maximum Gasteiger partial charge on any atom is 0.111 e. The van der Waals surface area contributed by atoms with Crippen LogP contribution in [-0.2, 0) is 6.42 Å². The Morgan fingerprint density at radius 3 is 2.81 bits per heavy atom. The first-order valence-electron chi connectivity index (χ1n) is 7.09. The number of hydrogen-bond donors (Lipinski definition) is 1. The summed E-state index contributed by atoms with van der Waals surface area (Å²) in [4.78, 5) is 4.79. The van der Waals surface area contributed by atoms with E-state index in [1.54, 1.807) is 11.3 Å². The van der Waals surface area contributed by atoms with Gasteiger partial charge in [-0.2, -0.15) is 0 Å². The van der Waals surface area contributed by atoms with E-state index in [2.05, 4.69) is 70.6 Å². The zero-order chi connectivity index (χ0) is 14.7. The van der Waals surface area contributed by atoms with Crippen LogP contribution in [-0.4, -0.2) is 11.5 Å². The molecular formula is C17H17BrN2S. The van der Waals surface area contributed by atoms with E-state index in [1.807, 2.05) is 6.07 Å². The SMILES string of the molecule is CCNC(Cc1cccc(Br)c1)c1nc2ccccc2s1. The molecule has 1 N–H and O–H groups in total. The second-order valence-electron chi connectivity index (χ2n) is 4.96. The second kappa shape index (κ2) is 6.69. The molecule has 3 aromatic rings. The molecule has 0 aliphatic rings. The van der Waals surface area contributed by atoms with Crippen molar-refractivity contribution in [1.82, 2.24) is 10.3 Å². The van der Waals surface area contributed by atoms with E-state index in [1.165, 1.54) is 10.3 Å². The summed E-state index contributed by atoms with van der Waals surface area (Å²) in [5.74, 6) is 0. The summed E-state index contributed by atoms with van der Waals surface area (Å²) in [7, 11) is 0. The third-order valence-electron chi connectivity index (χ3n) is 3.39. The van der Waals surface area contributed by atoms with Gasteiger partial charge in [-0.15, -0.1) is 11.3 Å². The first-order valence-corrected chi connectivity index (χ1v) is 8.70. The number of rotatable bonds is 5. The third kappa shape index (κ3) is 3.51. The van der Waals surface area contributed by atoms with Gasteiger partial charge in [0.15, 0.2) is 0 Å². The predicted molar refractivity (Wildman–Crippen MR) is 93.9 cm³/mol. The molecule has 0 saturated carbocycles. The molecule has 1 aromatic heterocycles. The van der Waals surface area contributed by atoms with E-state index in [-0.39, 0.29) is 6.04 Å². The highest BCUT2D eigenvalue weighted by Crippen LogP contribution is 2.28. The Labute approximate surface area is 137 Å². The molecule has 0 aliphatic carbocycles. The summed E-state index contributed by atoms with van der Waals surface area (Å²) in [5, 5.41) is 4.73. The van der Waals surface area contributed by atoms with Gasteiger partial charge in [0.2, 0.25) is 0 Å². The Kier molecular flexibility index (Phi) is 4.68. The van der Waals surface area contributed by atoms with Crippen molar-refractivity contribution in [3.63, 3.8) is 0 Å². The Morgan fingerprint density at radius 2 is 2.05 bits per heavy atom. The fraction of sp³-hybridized carbons (Fsp3) is 0.235. The van der Waals surface area contributed by atoms with Crippen molar-refractivity contribution >= 4 is 37.5 Å². The van der Waals surface area contributed by atoms with Gasteiger partial charge in [0.25, 0.3) is 0 Å². The highest BCUT2D eigenvalue weighted by molar-refractivity contribution is 9.10. The molecule has 4 heteroatoms. The number of benzene rings is 2. The van der Waals surface area contributed by atoms with Crippen LogP contribution in [0.3, 0.4) is 0 Å². The lowest BCUT2D eigenvalue weighted by atomic mass is 10.1. The number of fused-ring (bicyclic) bond motifs is 1. The second-order valence-corrected chi connectivity index (χ2v) is 6.94. The standard InChI is InChI=1S/C17H17BrN2S/c1-2-19-15(11-12-6-5-7-13(18)10-12)17-20-14-8-3-4-9-16(14)21-17/h3-10,15,19H,2,11H2,1H3. The van der Waals surface area contributed by atoms with Gasteiger partial charge in [0.05, 0.1) is 16.3 Å². The van der Waals surface area contributed by atoms with E-state index >= 15 is 0 Å². The van der Waals surface area contributed by atoms with Crippen LogP contribution in [0.15, 0.2) is 53.0 Å². The summed E-state index contributed by atoms with van der Waals surface area (Å²) >= 11 is 5.33. The highest BCUT2D eigenvalue weighted by Gasteiger charge is 2.16. The minimum absolute atomic E-state index is 0.265. The molecule has 108 valence electrons. The third-order valence-corrected chi connectivity index (χ3v) is 5.03. The summed E-state index contributed by atoms with van der Waals surface area (Å²) in [5.41, 5.74) is 2.41. The van der Waals surface area contributed by atoms with Gasteiger partial charge in [-0.05, 0) is 42.8 Å². The minimum atomic E-state index is 0.265. The van der Waals surface area contributed by atoms with Gasteiger partial charge in [-0.25, -0.2) is 4.98 Å². The molecule has 0 fully saturated rings. The maximum atomic E-state index is 4.79. The number of nitrogens with one attached hydrogen (secondary N) is 1. The average Bonchev–Trinajstić information content (AvgIpc) is 2.91. The molecule has 0 amide bonds. The summed E-state index contributed by atoms with van der Waals surface area (Å²) in [6, 6.07) is 17.1. The Morgan fingerprint density at radius 1 is 1.19 bits per heavy atom. The number of halogens is 1. The molecule has 2 nitrogen and oxygen atoms in total. The van der Waals surface area contributed by atoms with E-state index in [0.29, 0.717) is 0 Å². The van der Waals surface area contributed by atoms with Crippen molar-refractivity contribution in [2.75, 3.05) is 6.54 Å². The number of thiazole rings is 1. The number of aromatic nitrogens is 1. The molecule has 0 bridgehead atoms. The predicted octanol–water partition coefficient (Wildman–Crippen LogP) is 4.95. The van der Waals surface area contributed by atoms with Gasteiger partial charge in [0.1, 0.15) is 5.01 Å². The number of nitrogens with zero attached hydrogens (tertiary/aromatic N) is 1. The number of likely N-dealkylation sites (N-methyl/N-ethyl adjacent to an activating group) is 1. The lowest BCUT2D eigenvalue weighted by molar-refractivity contribution is 0.548. The van der Waals surface area contributed by atoms with Crippen molar-refractivity contribution in [2.24, 2.45) is 0 Å². The Bertz CT molecular complexity index is 705. The molecule has 1 atom stereocenters. The van der Waals surface area contributed by atoms with Crippen molar-refractivity contribution < 1.29 is 0 Å². The number of hydrogen-bond acceptors (Lipinski definition) is 3. The molecule has 0 aliphatic heterocycles. The molecule has 0 spiro atoms. The summed E-state index contributed by atoms with van der Waals surface area (Å²) < 4.78 is 2.38. The lowest BCUT2D eigenvalue weighted by Crippen LogP contribution is -2.22. The van der Waals surface area contributed by atoms with Gasteiger partial charge in [-0.1, -0.05) is 47.1 Å². The van der Waals surface area contributed by atoms with E-state index in [4.69, 9.17) is 4.98 Å². The molecule has 0 saturated heterocycles. The Hall–Kier alpha value is -1.23. The van der Waals surface area contributed by atoms with E-state index < -0.39 is 0 Å². The van der Waals surface area contributed by atoms with Crippen LogP contribution in [0, 0.1) is 0 Å². The van der Waals surface area contributed by atoms with Crippen LogP contribution in [0.5, 0.6) is 0 Å². The molecule has 1 unspecified atom stereocenters. The summed E-state index contributed by atoms with van der Waals surface area (Å²) in [6.07, 6.45) is 0.951. The highest BCUT2D eigenvalue weighted by atomic mass is 79.9.